The number of carbonyl (C=O) groups is 6. The van der Waals surface area contributed by atoms with Crippen LogP contribution in [0.25, 0.3) is 0 Å². The van der Waals surface area contributed by atoms with E-state index in [0.717, 1.165) is 249 Å². The van der Waals surface area contributed by atoms with Gasteiger partial charge in [-0.2, -0.15) is 0 Å². The maximum Gasteiger partial charge on any atom is 0.155 e. The third-order valence-electron chi connectivity index (χ3n) is 49.7. The summed E-state index contributed by atoms with van der Waals surface area (Å²) in [4.78, 5) is 72.6. The normalized spacial score (nSPS) is 54.0. The second-order valence-corrected chi connectivity index (χ2v) is 53.6. The van der Waals surface area contributed by atoms with Crippen molar-refractivity contribution in [1.29, 1.82) is 0 Å². The van der Waals surface area contributed by atoms with Crippen molar-refractivity contribution >= 4 is 34.7 Å². The largest absolute Gasteiger partial charge is 0.393 e. The Morgan fingerprint density at radius 1 is 0.246 bits per heavy atom. The Bertz CT molecular complexity index is 4320. The molecule has 9 heteroatoms. The summed E-state index contributed by atoms with van der Waals surface area (Å²) in [5.41, 5.74) is 10.1. The van der Waals surface area contributed by atoms with E-state index in [-0.39, 0.29) is 40.0 Å². The van der Waals surface area contributed by atoms with Crippen LogP contribution in [0.3, 0.4) is 0 Å². The molecule has 3 N–H and O–H groups in total. The smallest absolute Gasteiger partial charge is 0.155 e. The van der Waals surface area contributed by atoms with E-state index in [9.17, 15) is 44.1 Å². The van der Waals surface area contributed by atoms with Gasteiger partial charge >= 0.3 is 0 Å². The molecule has 0 aromatic carbocycles. The molecule has 0 aliphatic heterocycles. The van der Waals surface area contributed by atoms with Gasteiger partial charge in [0.25, 0.3) is 0 Å². The van der Waals surface area contributed by atoms with Gasteiger partial charge in [-0.3, -0.25) is 28.8 Å². The number of ketones is 6. The van der Waals surface area contributed by atoms with E-state index in [1.54, 1.807) is 5.57 Å². The van der Waals surface area contributed by atoms with Gasteiger partial charge in [0, 0.05) is 61.2 Å². The number of hydrogen-bond donors (Lipinski definition) is 3. The summed E-state index contributed by atoms with van der Waals surface area (Å²) in [5.74, 6) is 21.9. The van der Waals surface area contributed by atoms with E-state index < -0.39 is 0 Å². The van der Waals surface area contributed by atoms with E-state index in [0.29, 0.717) is 119 Å². The van der Waals surface area contributed by atoms with Crippen LogP contribution >= 0.6 is 0 Å². The Kier molecular flexibility index (Phi) is 24.4. The maximum atomic E-state index is 12.4. The average molecular weight is 1730 g/mol. The fourth-order valence-corrected chi connectivity index (χ4v) is 40.8. The highest BCUT2D eigenvalue weighted by molar-refractivity contribution is 5.92. The minimum atomic E-state index is -0.122. The van der Waals surface area contributed by atoms with Gasteiger partial charge in [-0.25, -0.2) is 0 Å². The van der Waals surface area contributed by atoms with Crippen molar-refractivity contribution in [2.45, 2.75) is 443 Å². The van der Waals surface area contributed by atoms with E-state index >= 15 is 0 Å². The van der Waals surface area contributed by atoms with Gasteiger partial charge in [-0.15, -0.1) is 0 Å². The highest BCUT2D eigenvalue weighted by atomic mass is 16.3. The molecular formula is C117H178O9. The number of aliphatic hydroxyl groups is 3. The van der Waals surface area contributed by atoms with Crippen LogP contribution in [-0.2, 0) is 28.8 Å². The summed E-state index contributed by atoms with van der Waals surface area (Å²) in [6, 6.07) is 0. The third kappa shape index (κ3) is 14.6. The van der Waals surface area contributed by atoms with Crippen LogP contribution in [0.2, 0.25) is 0 Å². The van der Waals surface area contributed by atoms with Gasteiger partial charge in [0.05, 0.1) is 18.3 Å². The van der Waals surface area contributed by atoms with Crippen molar-refractivity contribution in [1.82, 2.24) is 0 Å². The third-order valence-corrected chi connectivity index (χ3v) is 49.7. The van der Waals surface area contributed by atoms with E-state index in [4.69, 9.17) is 0 Å². The first-order chi connectivity index (χ1) is 59.7. The first-order valence-electron chi connectivity index (χ1n) is 54.7. The Morgan fingerprint density at radius 2 is 0.563 bits per heavy atom. The molecule has 0 amide bonds. The fourth-order valence-electron chi connectivity index (χ4n) is 40.8. The molecule has 24 rings (SSSR count). The highest BCUT2D eigenvalue weighted by Gasteiger charge is 2.67. The lowest BCUT2D eigenvalue weighted by Gasteiger charge is -2.60. The van der Waals surface area contributed by atoms with Gasteiger partial charge in [0.2, 0.25) is 0 Å². The molecule has 126 heavy (non-hydrogen) atoms. The molecule has 0 bridgehead atoms. The zero-order valence-corrected chi connectivity index (χ0v) is 82.5. The van der Waals surface area contributed by atoms with Gasteiger partial charge in [0.1, 0.15) is 23.1 Å². The fraction of sp³-hybridized carbons (Fsp3) is 0.880. The topological polar surface area (TPSA) is 163 Å². The summed E-state index contributed by atoms with van der Waals surface area (Å²) in [5, 5.41) is 30.1. The van der Waals surface area contributed by atoms with Crippen molar-refractivity contribution < 1.29 is 44.1 Å². The maximum absolute atomic E-state index is 12.4. The van der Waals surface area contributed by atoms with E-state index in [2.05, 4.69) is 116 Å². The lowest BCUT2D eigenvalue weighted by Crippen LogP contribution is -2.54. The average Bonchev–Trinajstić information content (AvgIpc) is 1.53. The lowest BCUT2D eigenvalue weighted by atomic mass is 9.45. The van der Waals surface area contributed by atoms with Gasteiger partial charge in [-0.1, -0.05) is 138 Å². The number of carbonyl (C=O) groups excluding carboxylic acids is 6. The molecule has 0 radical (unpaired) electrons. The standard InChI is InChI=1S/2C20H32O.C20H30O.C19H30O2.C19H28O2.C19H26O2/c3*1-13-4-7-17-16-6-5-14-12-15(21)8-10-20(14,3)18(16)9-11-19(13,17)2;3*1-18-9-7-13(20)11-12(18)3-4-14-15-5-6-17(21)19(15,2)10-8-16(14)18/h13-14,16-18H,4-12H2,1-3H3;5,13,15-18,21H,4,6-12H2,1-3H3;12-13,16-18H,4-11H2,1-3H3;12-16,20H,3-11H2,1-2H3;3,13-16,20H,4-11H2,1-2H3;11,14-16H,3-10H2,1-2H3/t13-,14?,16-,17-,18-,19+,20-;13-,15-,16-,17-,18-,19+,20-;13-,16-,17-,18-,19+,20-;12?,13-,14+,15+,16+,18+,19+;13-,14-,15-,16-,18-,19-;14-,15-,16-,18-,19-/m000100/s1. The SMILES string of the molecule is C[C@H]1CC[C@H]2[C@@H]3CC=C4C[C@@H](O)CC[C@]4(C)[C@H]3CC[C@]12C.C[C@H]1CC[C@H]2[C@@H]3CCC4=CC(=O)CC[C@]4(C)[C@H]3CC[C@]12C.C[C@H]1CC[C@H]2[C@@H]3CCC4CC(=O)CC[C@]4(C)[C@H]3CC[C@]12C.C[C@]12CCC(=O)C=C1CC[C@@H]1[C@@H]2CC[C@]2(C)C(=O)CC[C@@H]12.C[C@]12CC[C@@H](O)CC1CC[C@@H]1[C@@H]2CC[C@]2(C)C(=O)CC[C@@H]12.C[C@]12CC[C@H](O)CC1=CC[C@@H]1[C@@H]2CC[C@]2(C)C(=O)CC[C@@H]12. The summed E-state index contributed by atoms with van der Waals surface area (Å²) in [7, 11) is 0. The van der Waals surface area contributed by atoms with E-state index in [1.807, 2.05) is 12.2 Å². The number of Topliss-reactive ketones (excluding diaryl/α,β-unsaturated/α-hetero) is 4. The molecule has 0 heterocycles. The molecule has 0 aromatic heterocycles. The number of fused-ring (bicyclic) bond motifs is 30. The first kappa shape index (κ1) is 92.0. The van der Waals surface area contributed by atoms with Crippen LogP contribution in [-0.4, -0.2) is 68.3 Å². The molecule has 0 aromatic rings. The Hall–Kier alpha value is -3.14. The molecule has 0 saturated heterocycles. The van der Waals surface area contributed by atoms with Crippen LogP contribution in [0.1, 0.15) is 425 Å². The molecule has 20 saturated carbocycles. The number of hydrogen-bond acceptors (Lipinski definition) is 9. The molecule has 24 aliphatic carbocycles. The summed E-state index contributed by atoms with van der Waals surface area (Å²) in [6.45, 7) is 37.0. The predicted molar refractivity (Wildman–Crippen MR) is 506 cm³/mol. The summed E-state index contributed by atoms with van der Waals surface area (Å²) >= 11 is 0. The first-order valence-corrected chi connectivity index (χ1v) is 54.7. The van der Waals surface area contributed by atoms with Gasteiger partial charge < -0.3 is 15.3 Å². The van der Waals surface area contributed by atoms with Crippen molar-refractivity contribution in [3.05, 3.63) is 46.6 Å². The lowest BCUT2D eigenvalue weighted by molar-refractivity contribution is -0.142. The number of aliphatic hydroxyl groups excluding tert-OH is 3. The van der Waals surface area contributed by atoms with Crippen molar-refractivity contribution in [3.8, 4) is 0 Å². The Morgan fingerprint density at radius 3 is 1.02 bits per heavy atom. The highest BCUT2D eigenvalue weighted by Crippen LogP contribution is 2.74. The van der Waals surface area contributed by atoms with Crippen LogP contribution in [0.5, 0.6) is 0 Å². The molecule has 38 atom stereocenters. The second-order valence-electron chi connectivity index (χ2n) is 53.6. The molecule has 2 unspecified atom stereocenters. The van der Waals surface area contributed by atoms with Crippen molar-refractivity contribution in [2.75, 3.05) is 0 Å². The monoisotopic (exact) mass is 1730 g/mol. The quantitative estimate of drug-likeness (QED) is 0.200. The minimum absolute atomic E-state index is 0.0124. The zero-order chi connectivity index (χ0) is 89.0. The van der Waals surface area contributed by atoms with Crippen LogP contribution < -0.4 is 0 Å². The van der Waals surface area contributed by atoms with Gasteiger partial charge in [0.15, 0.2) is 11.6 Å². The van der Waals surface area contributed by atoms with Crippen LogP contribution in [0.4, 0.5) is 0 Å². The molecular weight excluding hydrogens is 1550 g/mol. The zero-order valence-electron chi connectivity index (χ0n) is 82.5. The minimum Gasteiger partial charge on any atom is -0.393 e. The number of allylic oxidation sites excluding steroid dienone is 4. The predicted octanol–water partition coefficient (Wildman–Crippen LogP) is 27.3. The molecule has 20 fully saturated rings. The molecule has 24 aliphatic rings. The van der Waals surface area contributed by atoms with E-state index in [1.165, 1.54) is 184 Å². The van der Waals surface area contributed by atoms with Crippen LogP contribution in [0, 0.1) is 201 Å². The molecule has 9 nitrogen and oxygen atoms in total. The Balaban J connectivity index is 0.0000000987. The molecule has 700 valence electrons. The second kappa shape index (κ2) is 33.4. The summed E-state index contributed by atoms with van der Waals surface area (Å²) in [6.07, 6.45) is 67.7. The van der Waals surface area contributed by atoms with Crippen molar-refractivity contribution in [2.24, 2.45) is 201 Å². The van der Waals surface area contributed by atoms with Gasteiger partial charge in [-0.05, 0) is 473 Å². The van der Waals surface area contributed by atoms with Crippen LogP contribution in [0.15, 0.2) is 46.6 Å². The summed E-state index contributed by atoms with van der Waals surface area (Å²) < 4.78 is 0. The van der Waals surface area contributed by atoms with Crippen molar-refractivity contribution in [3.63, 3.8) is 0 Å². The Labute approximate surface area is 765 Å². The molecule has 0 spiro atoms. The number of rotatable bonds is 0.